The van der Waals surface area contributed by atoms with E-state index in [1.165, 1.54) is 16.8 Å². The Morgan fingerprint density at radius 1 is 1.53 bits per heavy atom. The lowest BCUT2D eigenvalue weighted by molar-refractivity contribution is -0.384. The van der Waals surface area contributed by atoms with Crippen LogP contribution in [-0.2, 0) is 6.54 Å². The Morgan fingerprint density at radius 2 is 2.32 bits per heavy atom. The van der Waals surface area contributed by atoms with Gasteiger partial charge < -0.3 is 5.32 Å². The molecule has 1 aromatic carbocycles. The second kappa shape index (κ2) is 5.72. The zero-order chi connectivity index (χ0) is 13.8. The molecule has 0 aliphatic carbocycles. The van der Waals surface area contributed by atoms with E-state index < -0.39 is 4.92 Å². The van der Waals surface area contributed by atoms with Crippen molar-refractivity contribution in [3.8, 4) is 5.69 Å². The van der Waals surface area contributed by atoms with Gasteiger partial charge in [0, 0.05) is 6.07 Å². The van der Waals surface area contributed by atoms with Crippen LogP contribution in [-0.4, -0.2) is 31.7 Å². The Kier molecular flexibility index (Phi) is 4.03. The lowest BCUT2D eigenvalue weighted by Crippen LogP contribution is -2.16. The van der Waals surface area contributed by atoms with Gasteiger partial charge in [0.15, 0.2) is 5.82 Å². The van der Waals surface area contributed by atoms with Crippen molar-refractivity contribution >= 4 is 17.3 Å². The van der Waals surface area contributed by atoms with Crippen molar-refractivity contribution in [1.29, 1.82) is 0 Å². The summed E-state index contributed by atoms with van der Waals surface area (Å²) in [4.78, 5) is 10.3. The first kappa shape index (κ1) is 13.4. The van der Waals surface area contributed by atoms with Gasteiger partial charge in [0.05, 0.1) is 17.2 Å². The van der Waals surface area contributed by atoms with Crippen LogP contribution in [0.3, 0.4) is 0 Å². The maximum absolute atomic E-state index is 10.8. The molecule has 0 atom stereocenters. The van der Waals surface area contributed by atoms with Gasteiger partial charge in [-0.1, -0.05) is 18.5 Å². The molecule has 0 amide bonds. The molecule has 8 nitrogen and oxygen atoms in total. The number of hydrogen-bond donors (Lipinski definition) is 1. The minimum Gasteiger partial charge on any atom is -0.310 e. The molecule has 0 unspecified atom stereocenters. The van der Waals surface area contributed by atoms with Gasteiger partial charge in [0.2, 0.25) is 0 Å². The molecule has 0 aliphatic heterocycles. The van der Waals surface area contributed by atoms with Crippen LogP contribution in [0.15, 0.2) is 18.2 Å². The lowest BCUT2D eigenvalue weighted by atomic mass is 10.3. The molecule has 1 heterocycles. The normalized spacial score (nSPS) is 10.6. The number of nitro benzene ring substituents is 1. The molecular formula is C10H11ClN6O2. The molecule has 0 bridgehead atoms. The minimum atomic E-state index is -0.542. The van der Waals surface area contributed by atoms with Crippen LogP contribution in [0.5, 0.6) is 0 Å². The number of nitro groups is 1. The number of nitrogens with one attached hydrogen (secondary N) is 1. The average molecular weight is 283 g/mol. The summed E-state index contributed by atoms with van der Waals surface area (Å²) in [7, 11) is 0. The molecule has 100 valence electrons. The van der Waals surface area contributed by atoms with Crippen LogP contribution < -0.4 is 5.32 Å². The molecular weight excluding hydrogens is 272 g/mol. The number of rotatable bonds is 5. The monoisotopic (exact) mass is 282 g/mol. The molecule has 0 aliphatic rings. The van der Waals surface area contributed by atoms with Crippen LogP contribution in [0.2, 0.25) is 5.02 Å². The Balaban J connectivity index is 2.39. The predicted molar refractivity (Wildman–Crippen MR) is 68.2 cm³/mol. The highest BCUT2D eigenvalue weighted by atomic mass is 35.5. The highest BCUT2D eigenvalue weighted by Gasteiger charge is 2.16. The van der Waals surface area contributed by atoms with Gasteiger partial charge in [-0.25, -0.2) is 0 Å². The molecule has 2 rings (SSSR count). The van der Waals surface area contributed by atoms with Crippen molar-refractivity contribution in [3.63, 3.8) is 0 Å². The molecule has 19 heavy (non-hydrogen) atoms. The summed E-state index contributed by atoms with van der Waals surface area (Å²) in [6.07, 6.45) is 0. The number of benzene rings is 1. The Labute approximate surface area is 113 Å². The van der Waals surface area contributed by atoms with E-state index in [4.69, 9.17) is 11.6 Å². The number of halogens is 1. The Hall–Kier alpha value is -2.06. The summed E-state index contributed by atoms with van der Waals surface area (Å²) in [6.45, 7) is 3.20. The van der Waals surface area contributed by atoms with Crippen LogP contribution in [0.4, 0.5) is 5.69 Å². The fourth-order valence-corrected chi connectivity index (χ4v) is 1.71. The zero-order valence-electron chi connectivity index (χ0n) is 10.1. The van der Waals surface area contributed by atoms with Gasteiger partial charge in [-0.3, -0.25) is 10.1 Å². The number of hydrogen-bond acceptors (Lipinski definition) is 6. The highest BCUT2D eigenvalue weighted by molar-refractivity contribution is 6.32. The van der Waals surface area contributed by atoms with Gasteiger partial charge in [-0.05, 0) is 29.1 Å². The van der Waals surface area contributed by atoms with E-state index in [-0.39, 0.29) is 10.7 Å². The maximum atomic E-state index is 10.8. The highest BCUT2D eigenvalue weighted by Crippen LogP contribution is 2.26. The molecule has 2 aromatic rings. The third kappa shape index (κ3) is 2.85. The summed E-state index contributed by atoms with van der Waals surface area (Å²) in [5.41, 5.74) is 0.318. The molecule has 0 spiro atoms. The SMILES string of the molecule is CCNCc1nnnn1-c1ccc(Cl)c([N+](=O)[O-])c1. The van der Waals surface area contributed by atoms with Crippen molar-refractivity contribution in [2.45, 2.75) is 13.5 Å². The van der Waals surface area contributed by atoms with Gasteiger partial charge in [-0.15, -0.1) is 5.10 Å². The van der Waals surface area contributed by atoms with Crippen LogP contribution in [0.25, 0.3) is 5.69 Å². The van der Waals surface area contributed by atoms with E-state index in [2.05, 4.69) is 20.8 Å². The van der Waals surface area contributed by atoms with Crippen LogP contribution in [0.1, 0.15) is 12.7 Å². The Bertz CT molecular complexity index is 599. The van der Waals surface area contributed by atoms with E-state index in [1.807, 2.05) is 6.92 Å². The van der Waals surface area contributed by atoms with Crippen molar-refractivity contribution in [1.82, 2.24) is 25.5 Å². The topological polar surface area (TPSA) is 98.8 Å². The maximum Gasteiger partial charge on any atom is 0.290 e. The first-order valence-electron chi connectivity index (χ1n) is 5.55. The van der Waals surface area contributed by atoms with E-state index in [0.29, 0.717) is 18.1 Å². The third-order valence-electron chi connectivity index (χ3n) is 2.44. The van der Waals surface area contributed by atoms with E-state index >= 15 is 0 Å². The van der Waals surface area contributed by atoms with Crippen molar-refractivity contribution in [2.24, 2.45) is 0 Å². The molecule has 0 saturated heterocycles. The second-order valence-corrected chi connectivity index (χ2v) is 4.09. The van der Waals surface area contributed by atoms with Crippen molar-refractivity contribution in [3.05, 3.63) is 39.2 Å². The molecule has 9 heteroatoms. The molecule has 0 fully saturated rings. The first-order chi connectivity index (χ1) is 9.13. The number of nitrogens with zero attached hydrogens (tertiary/aromatic N) is 5. The quantitative estimate of drug-likeness (QED) is 0.656. The molecule has 0 radical (unpaired) electrons. The molecule has 0 saturated carbocycles. The van der Waals surface area contributed by atoms with Gasteiger partial charge in [0.25, 0.3) is 5.69 Å². The average Bonchev–Trinajstić information content (AvgIpc) is 2.85. The van der Waals surface area contributed by atoms with Gasteiger partial charge in [-0.2, -0.15) is 4.68 Å². The summed E-state index contributed by atoms with van der Waals surface area (Å²) >= 11 is 5.76. The van der Waals surface area contributed by atoms with Gasteiger partial charge in [0.1, 0.15) is 5.02 Å². The fourth-order valence-electron chi connectivity index (χ4n) is 1.53. The van der Waals surface area contributed by atoms with Gasteiger partial charge >= 0.3 is 0 Å². The Morgan fingerprint density at radius 3 is 3.00 bits per heavy atom. The van der Waals surface area contributed by atoms with Crippen LogP contribution >= 0.6 is 11.6 Å². The predicted octanol–water partition coefficient (Wildman–Crippen LogP) is 1.33. The van der Waals surface area contributed by atoms with E-state index in [9.17, 15) is 10.1 Å². The summed E-state index contributed by atoms with van der Waals surface area (Å²) < 4.78 is 1.44. The molecule has 1 aromatic heterocycles. The fraction of sp³-hybridized carbons (Fsp3) is 0.300. The minimum absolute atomic E-state index is 0.0788. The first-order valence-corrected chi connectivity index (χ1v) is 5.93. The largest absolute Gasteiger partial charge is 0.310 e. The second-order valence-electron chi connectivity index (χ2n) is 3.68. The number of tetrazole rings is 1. The summed E-state index contributed by atoms with van der Waals surface area (Å²) in [6, 6.07) is 4.42. The lowest BCUT2D eigenvalue weighted by Gasteiger charge is -2.05. The number of aromatic nitrogens is 4. The standard InChI is InChI=1S/C10H11ClN6O2/c1-2-12-6-10-13-14-15-16(10)7-3-4-8(11)9(5-7)17(18)19/h3-5,12H,2,6H2,1H3. The zero-order valence-corrected chi connectivity index (χ0v) is 10.8. The molecule has 1 N–H and O–H groups in total. The van der Waals surface area contributed by atoms with Crippen molar-refractivity contribution < 1.29 is 4.92 Å². The smallest absolute Gasteiger partial charge is 0.290 e. The summed E-state index contributed by atoms with van der Waals surface area (Å²) in [5, 5.41) is 25.3. The van der Waals surface area contributed by atoms with E-state index in [1.54, 1.807) is 6.07 Å². The third-order valence-corrected chi connectivity index (χ3v) is 2.76. The summed E-state index contributed by atoms with van der Waals surface area (Å²) in [5.74, 6) is 0.568. The van der Waals surface area contributed by atoms with Crippen LogP contribution in [0, 0.1) is 10.1 Å². The van der Waals surface area contributed by atoms with E-state index in [0.717, 1.165) is 6.54 Å². The van der Waals surface area contributed by atoms with Crippen molar-refractivity contribution in [2.75, 3.05) is 6.54 Å².